The largest absolute Gasteiger partial charge is 0.338 e. The lowest BCUT2D eigenvalue weighted by Crippen LogP contribution is -2.45. The summed E-state index contributed by atoms with van der Waals surface area (Å²) in [5.41, 5.74) is 0. The zero-order valence-corrected chi connectivity index (χ0v) is 14.5. The molecule has 128 valence electrons. The third-order valence-electron chi connectivity index (χ3n) is 5.18. The smallest absolute Gasteiger partial charge is 0.226 e. The minimum Gasteiger partial charge on any atom is -0.338 e. The van der Waals surface area contributed by atoms with Crippen molar-refractivity contribution >= 4 is 5.91 Å². The number of hydrogen-bond acceptors (Lipinski definition) is 3. The van der Waals surface area contributed by atoms with Crippen LogP contribution in [0.5, 0.6) is 0 Å². The molecule has 3 heterocycles. The van der Waals surface area contributed by atoms with E-state index in [2.05, 4.69) is 28.7 Å². The Hall–Kier alpha value is -1.36. The fraction of sp³-hybridized carbons (Fsp3) is 0.778. The molecule has 1 aromatic heterocycles. The van der Waals surface area contributed by atoms with Gasteiger partial charge in [0.05, 0.1) is 12.6 Å². The van der Waals surface area contributed by atoms with E-state index in [-0.39, 0.29) is 5.92 Å². The minimum atomic E-state index is 0.233. The van der Waals surface area contributed by atoms with Gasteiger partial charge in [-0.1, -0.05) is 13.8 Å². The molecule has 3 rings (SSSR count). The Morgan fingerprint density at radius 1 is 1.22 bits per heavy atom. The third-order valence-corrected chi connectivity index (χ3v) is 5.18. The second kappa shape index (κ2) is 7.47. The lowest BCUT2D eigenvalue weighted by atomic mass is 9.94. The zero-order valence-electron chi connectivity index (χ0n) is 14.5. The van der Waals surface area contributed by atoms with Crippen molar-refractivity contribution in [3.63, 3.8) is 0 Å². The fourth-order valence-corrected chi connectivity index (χ4v) is 4.05. The number of carbonyl (C=O) groups excluding carboxylic acids is 1. The van der Waals surface area contributed by atoms with Crippen LogP contribution in [0.25, 0.3) is 0 Å². The number of aromatic nitrogens is 2. The Labute approximate surface area is 139 Å². The number of likely N-dealkylation sites (tertiary alicyclic amines) is 2. The van der Waals surface area contributed by atoms with E-state index >= 15 is 0 Å². The van der Waals surface area contributed by atoms with E-state index in [1.807, 2.05) is 23.1 Å². The first-order valence-corrected chi connectivity index (χ1v) is 9.13. The van der Waals surface area contributed by atoms with E-state index in [1.165, 1.54) is 0 Å². The van der Waals surface area contributed by atoms with Gasteiger partial charge in [-0.25, -0.2) is 0 Å². The number of hydrogen-bond donors (Lipinski definition) is 0. The van der Waals surface area contributed by atoms with Crippen LogP contribution >= 0.6 is 0 Å². The fourth-order valence-electron chi connectivity index (χ4n) is 4.05. The summed E-state index contributed by atoms with van der Waals surface area (Å²) < 4.78 is 1.96. The van der Waals surface area contributed by atoms with Gasteiger partial charge in [0.2, 0.25) is 5.91 Å². The molecule has 23 heavy (non-hydrogen) atoms. The van der Waals surface area contributed by atoms with E-state index in [9.17, 15) is 4.79 Å². The van der Waals surface area contributed by atoms with Crippen molar-refractivity contribution in [2.24, 2.45) is 11.8 Å². The van der Waals surface area contributed by atoms with Crippen molar-refractivity contribution < 1.29 is 4.79 Å². The van der Waals surface area contributed by atoms with Gasteiger partial charge in [0, 0.05) is 31.4 Å². The molecule has 0 bridgehead atoms. The summed E-state index contributed by atoms with van der Waals surface area (Å²) in [5.74, 6) is 1.33. The highest BCUT2D eigenvalue weighted by Crippen LogP contribution is 2.26. The summed E-state index contributed by atoms with van der Waals surface area (Å²) in [6, 6.07) is 2.28. The Bertz CT molecular complexity index is 491. The average molecular weight is 318 g/mol. The van der Waals surface area contributed by atoms with Crippen LogP contribution in [0.4, 0.5) is 0 Å². The summed E-state index contributed by atoms with van der Waals surface area (Å²) >= 11 is 0. The molecule has 1 aromatic rings. The lowest BCUT2D eigenvalue weighted by molar-refractivity contribution is -0.138. The number of carbonyl (C=O) groups is 1. The first-order valence-electron chi connectivity index (χ1n) is 9.13. The normalized spacial score (nSPS) is 23.8. The van der Waals surface area contributed by atoms with Gasteiger partial charge in [-0.3, -0.25) is 9.48 Å². The summed E-state index contributed by atoms with van der Waals surface area (Å²) in [5, 5.41) is 4.30. The lowest BCUT2D eigenvalue weighted by Gasteiger charge is -2.35. The van der Waals surface area contributed by atoms with Crippen LogP contribution in [0.3, 0.4) is 0 Å². The van der Waals surface area contributed by atoms with Crippen LogP contribution in [0.15, 0.2) is 18.5 Å². The van der Waals surface area contributed by atoms with Gasteiger partial charge in [0.15, 0.2) is 0 Å². The van der Waals surface area contributed by atoms with Gasteiger partial charge in [0.25, 0.3) is 0 Å². The number of amides is 1. The minimum absolute atomic E-state index is 0.233. The highest BCUT2D eigenvalue weighted by molar-refractivity contribution is 5.79. The molecule has 2 aliphatic rings. The van der Waals surface area contributed by atoms with Crippen molar-refractivity contribution in [2.75, 3.05) is 26.2 Å². The molecule has 0 spiro atoms. The number of piperidine rings is 1. The topological polar surface area (TPSA) is 41.4 Å². The van der Waals surface area contributed by atoms with Crippen LogP contribution in [-0.2, 0) is 11.3 Å². The molecule has 1 atom stereocenters. The molecular formula is C18H30N4O. The van der Waals surface area contributed by atoms with E-state index in [4.69, 9.17) is 0 Å². The Morgan fingerprint density at radius 2 is 2.00 bits per heavy atom. The van der Waals surface area contributed by atoms with Crippen LogP contribution in [-0.4, -0.2) is 57.7 Å². The van der Waals surface area contributed by atoms with Gasteiger partial charge >= 0.3 is 0 Å². The molecule has 0 unspecified atom stereocenters. The maximum absolute atomic E-state index is 12.9. The molecule has 0 N–H and O–H groups in total. The highest BCUT2D eigenvalue weighted by atomic mass is 16.2. The van der Waals surface area contributed by atoms with Crippen LogP contribution in [0.2, 0.25) is 0 Å². The predicted octanol–water partition coefficient (Wildman–Crippen LogP) is 2.24. The van der Waals surface area contributed by atoms with Gasteiger partial charge in [-0.2, -0.15) is 5.10 Å². The quantitative estimate of drug-likeness (QED) is 0.836. The van der Waals surface area contributed by atoms with Gasteiger partial charge < -0.3 is 9.80 Å². The highest BCUT2D eigenvalue weighted by Gasteiger charge is 2.34. The van der Waals surface area contributed by atoms with E-state index in [0.717, 1.165) is 58.4 Å². The second-order valence-corrected chi connectivity index (χ2v) is 7.52. The maximum atomic E-state index is 12.9. The molecule has 0 aromatic carbocycles. The molecule has 5 heteroatoms. The van der Waals surface area contributed by atoms with Gasteiger partial charge in [-0.05, 0) is 50.8 Å². The monoisotopic (exact) mass is 318 g/mol. The van der Waals surface area contributed by atoms with Crippen molar-refractivity contribution in [1.82, 2.24) is 19.6 Å². The van der Waals surface area contributed by atoms with Crippen LogP contribution in [0, 0.1) is 11.8 Å². The van der Waals surface area contributed by atoms with Crippen molar-refractivity contribution in [1.29, 1.82) is 0 Å². The number of nitrogens with zero attached hydrogens (tertiary/aromatic N) is 4. The summed E-state index contributed by atoms with van der Waals surface area (Å²) in [4.78, 5) is 17.6. The van der Waals surface area contributed by atoms with Crippen molar-refractivity contribution in [2.45, 2.75) is 52.1 Å². The first kappa shape index (κ1) is 16.5. The molecule has 2 aliphatic heterocycles. The SMILES string of the molecule is CC(C)CN1CCC(C(=O)N2CCC[C@H]2Cn2cccn2)CC1. The van der Waals surface area contributed by atoms with E-state index in [1.54, 1.807) is 0 Å². The van der Waals surface area contributed by atoms with Crippen molar-refractivity contribution in [3.8, 4) is 0 Å². The predicted molar refractivity (Wildman–Crippen MR) is 91.0 cm³/mol. The maximum Gasteiger partial charge on any atom is 0.226 e. The molecule has 0 saturated carbocycles. The second-order valence-electron chi connectivity index (χ2n) is 7.52. The first-order chi connectivity index (χ1) is 11.1. The molecule has 2 fully saturated rings. The molecule has 0 aliphatic carbocycles. The zero-order chi connectivity index (χ0) is 16.2. The van der Waals surface area contributed by atoms with Gasteiger partial charge in [-0.15, -0.1) is 0 Å². The van der Waals surface area contributed by atoms with E-state index < -0.39 is 0 Å². The summed E-state index contributed by atoms with van der Waals surface area (Å²) in [6.45, 7) is 9.61. The Morgan fingerprint density at radius 3 is 2.65 bits per heavy atom. The average Bonchev–Trinajstić information content (AvgIpc) is 3.19. The molecule has 1 amide bonds. The van der Waals surface area contributed by atoms with E-state index in [0.29, 0.717) is 17.9 Å². The standard InChI is InChI=1S/C18H30N4O/c1-15(2)13-20-11-6-16(7-12-20)18(23)22-10-3-5-17(22)14-21-9-4-8-19-21/h4,8-9,15-17H,3,5-7,10-14H2,1-2H3/t17-/m0/s1. The Balaban J connectivity index is 1.53. The summed E-state index contributed by atoms with van der Waals surface area (Å²) in [7, 11) is 0. The van der Waals surface area contributed by atoms with Crippen LogP contribution < -0.4 is 0 Å². The third kappa shape index (κ3) is 4.14. The Kier molecular flexibility index (Phi) is 5.36. The molecule has 2 saturated heterocycles. The number of rotatable bonds is 5. The summed E-state index contributed by atoms with van der Waals surface area (Å²) in [6.07, 6.45) is 8.09. The van der Waals surface area contributed by atoms with Crippen LogP contribution in [0.1, 0.15) is 39.5 Å². The molecule has 0 radical (unpaired) electrons. The van der Waals surface area contributed by atoms with Gasteiger partial charge in [0.1, 0.15) is 0 Å². The van der Waals surface area contributed by atoms with Crippen molar-refractivity contribution in [3.05, 3.63) is 18.5 Å². The molecular weight excluding hydrogens is 288 g/mol. The molecule has 5 nitrogen and oxygen atoms in total.